The van der Waals surface area contributed by atoms with E-state index in [1.165, 1.54) is 0 Å². The zero-order chi connectivity index (χ0) is 13.6. The maximum atomic E-state index is 5.87. The normalized spacial score (nSPS) is 15.2. The third kappa shape index (κ3) is 3.25. The van der Waals surface area contributed by atoms with E-state index in [4.69, 9.17) is 4.74 Å². The van der Waals surface area contributed by atoms with Gasteiger partial charge in [0.15, 0.2) is 6.29 Å². The number of nitrogens with one attached hydrogen (secondary N) is 5. The van der Waals surface area contributed by atoms with Crippen molar-refractivity contribution in [2.45, 2.75) is 12.9 Å². The zero-order valence-corrected chi connectivity index (χ0v) is 10.9. The highest BCUT2D eigenvalue weighted by Gasteiger charge is 2.13. The first-order valence-corrected chi connectivity index (χ1v) is 6.45. The van der Waals surface area contributed by atoms with E-state index in [1.807, 2.05) is 54.6 Å². The van der Waals surface area contributed by atoms with Crippen molar-refractivity contribution < 1.29 is 4.74 Å². The second kappa shape index (κ2) is 6.36. The van der Waals surface area contributed by atoms with Crippen molar-refractivity contribution in [2.24, 2.45) is 0 Å². The summed E-state index contributed by atoms with van der Waals surface area (Å²) < 4.78 is 5.87. The largest absolute Gasteiger partial charge is 0.487 e. The van der Waals surface area contributed by atoms with Gasteiger partial charge in [-0.05, 0) is 17.7 Å². The molecule has 0 unspecified atom stereocenters. The number of hydrogen-bond acceptors (Lipinski definition) is 6. The minimum atomic E-state index is -0.114. The van der Waals surface area contributed by atoms with E-state index in [0.717, 1.165) is 17.0 Å². The van der Waals surface area contributed by atoms with Crippen molar-refractivity contribution in [3.8, 4) is 5.75 Å². The molecular formula is C14H17N5O. The summed E-state index contributed by atoms with van der Waals surface area (Å²) in [6.07, 6.45) is -0.114. The van der Waals surface area contributed by atoms with Gasteiger partial charge in [-0.3, -0.25) is 0 Å². The second-order valence-corrected chi connectivity index (χ2v) is 4.39. The Morgan fingerprint density at radius 3 is 2.40 bits per heavy atom. The highest BCUT2D eigenvalue weighted by atomic mass is 16.5. The van der Waals surface area contributed by atoms with Crippen LogP contribution in [0.3, 0.4) is 0 Å². The second-order valence-electron chi connectivity index (χ2n) is 4.39. The third-order valence-corrected chi connectivity index (χ3v) is 2.92. The SMILES string of the molecule is c1ccc(COc2ccccc2NC2NNNN2)cc1. The van der Waals surface area contributed by atoms with Crippen LogP contribution < -0.4 is 32.0 Å². The quantitative estimate of drug-likeness (QED) is 0.561. The fraction of sp³-hybridized carbons (Fsp3) is 0.143. The van der Waals surface area contributed by atoms with Crippen molar-refractivity contribution in [1.82, 2.24) is 21.9 Å². The summed E-state index contributed by atoms with van der Waals surface area (Å²) in [5.41, 5.74) is 13.5. The highest BCUT2D eigenvalue weighted by Crippen LogP contribution is 2.24. The molecule has 1 saturated heterocycles. The van der Waals surface area contributed by atoms with Gasteiger partial charge in [-0.15, -0.1) is 0 Å². The molecule has 6 nitrogen and oxygen atoms in total. The number of hydrazine groups is 3. The Kier molecular flexibility index (Phi) is 4.10. The van der Waals surface area contributed by atoms with Gasteiger partial charge < -0.3 is 10.1 Å². The van der Waals surface area contributed by atoms with Crippen molar-refractivity contribution in [2.75, 3.05) is 5.32 Å². The molecule has 104 valence electrons. The number of rotatable bonds is 5. The lowest BCUT2D eigenvalue weighted by Crippen LogP contribution is -2.41. The lowest BCUT2D eigenvalue weighted by molar-refractivity contribution is 0.307. The predicted octanol–water partition coefficient (Wildman–Crippen LogP) is 1.08. The Morgan fingerprint density at radius 1 is 0.900 bits per heavy atom. The van der Waals surface area contributed by atoms with Gasteiger partial charge in [-0.25, -0.2) is 10.9 Å². The Labute approximate surface area is 117 Å². The van der Waals surface area contributed by atoms with Crippen LogP contribution >= 0.6 is 0 Å². The first-order chi connectivity index (χ1) is 9.92. The number of para-hydroxylation sites is 2. The summed E-state index contributed by atoms with van der Waals surface area (Å²) in [7, 11) is 0. The van der Waals surface area contributed by atoms with E-state index in [2.05, 4.69) is 27.2 Å². The molecule has 0 radical (unpaired) electrons. The first-order valence-electron chi connectivity index (χ1n) is 6.45. The van der Waals surface area contributed by atoms with Gasteiger partial charge >= 0.3 is 0 Å². The van der Waals surface area contributed by atoms with Crippen LogP contribution in [0.15, 0.2) is 54.6 Å². The Balaban J connectivity index is 1.66. The van der Waals surface area contributed by atoms with Gasteiger partial charge in [-0.2, -0.15) is 11.1 Å². The van der Waals surface area contributed by atoms with E-state index >= 15 is 0 Å². The predicted molar refractivity (Wildman–Crippen MR) is 77.2 cm³/mol. The number of hydrogen-bond donors (Lipinski definition) is 5. The van der Waals surface area contributed by atoms with Crippen molar-refractivity contribution >= 4 is 5.69 Å². The van der Waals surface area contributed by atoms with Crippen molar-refractivity contribution in [3.63, 3.8) is 0 Å². The van der Waals surface area contributed by atoms with Gasteiger partial charge in [0, 0.05) is 0 Å². The molecule has 2 aromatic rings. The average molecular weight is 271 g/mol. The van der Waals surface area contributed by atoms with E-state index in [0.29, 0.717) is 6.61 Å². The standard InChI is InChI=1S/C14H17N5O/c1-2-6-11(7-3-1)10-20-13-9-5-4-8-12(13)15-14-16-18-19-17-14/h1-9,14-19H,10H2. The molecule has 1 aliphatic heterocycles. The molecule has 0 aliphatic carbocycles. The van der Waals surface area contributed by atoms with Crippen LogP contribution in [0.25, 0.3) is 0 Å². The van der Waals surface area contributed by atoms with Crippen LogP contribution in [-0.4, -0.2) is 6.29 Å². The molecule has 0 aromatic heterocycles. The molecule has 6 heteroatoms. The molecule has 20 heavy (non-hydrogen) atoms. The van der Waals surface area contributed by atoms with Gasteiger partial charge in [0.25, 0.3) is 0 Å². The molecule has 1 aliphatic rings. The molecule has 3 rings (SSSR count). The van der Waals surface area contributed by atoms with Crippen LogP contribution in [0.2, 0.25) is 0 Å². The third-order valence-electron chi connectivity index (χ3n) is 2.92. The minimum Gasteiger partial charge on any atom is -0.487 e. The molecule has 2 aromatic carbocycles. The van der Waals surface area contributed by atoms with Crippen LogP contribution in [0.4, 0.5) is 5.69 Å². The average Bonchev–Trinajstić information content (AvgIpc) is 3.00. The summed E-state index contributed by atoms with van der Waals surface area (Å²) in [4.78, 5) is 0. The monoisotopic (exact) mass is 271 g/mol. The van der Waals surface area contributed by atoms with E-state index < -0.39 is 0 Å². The van der Waals surface area contributed by atoms with Gasteiger partial charge in [-0.1, -0.05) is 42.5 Å². The van der Waals surface area contributed by atoms with Crippen LogP contribution in [0.5, 0.6) is 5.75 Å². The number of anilines is 1. The van der Waals surface area contributed by atoms with Crippen LogP contribution in [0.1, 0.15) is 5.56 Å². The summed E-state index contributed by atoms with van der Waals surface area (Å²) >= 11 is 0. The molecular weight excluding hydrogens is 254 g/mol. The van der Waals surface area contributed by atoms with E-state index in [-0.39, 0.29) is 6.29 Å². The Hall–Kier alpha value is -2.12. The van der Waals surface area contributed by atoms with E-state index in [9.17, 15) is 0 Å². The van der Waals surface area contributed by atoms with E-state index in [1.54, 1.807) is 0 Å². The minimum absolute atomic E-state index is 0.114. The molecule has 0 saturated carbocycles. The zero-order valence-electron chi connectivity index (χ0n) is 10.9. The smallest absolute Gasteiger partial charge is 0.160 e. The Morgan fingerprint density at radius 2 is 1.60 bits per heavy atom. The maximum absolute atomic E-state index is 5.87. The maximum Gasteiger partial charge on any atom is 0.160 e. The highest BCUT2D eigenvalue weighted by molar-refractivity contribution is 5.56. The van der Waals surface area contributed by atoms with Crippen LogP contribution in [0, 0.1) is 0 Å². The summed E-state index contributed by atoms with van der Waals surface area (Å²) in [5, 5.41) is 3.27. The molecule has 0 bridgehead atoms. The Bertz CT molecular complexity index is 542. The van der Waals surface area contributed by atoms with Gasteiger partial charge in [0.1, 0.15) is 12.4 Å². The fourth-order valence-corrected chi connectivity index (χ4v) is 1.93. The summed E-state index contributed by atoms with van der Waals surface area (Å²) in [6.45, 7) is 0.543. The van der Waals surface area contributed by atoms with Crippen molar-refractivity contribution in [3.05, 3.63) is 60.2 Å². The molecule has 0 atom stereocenters. The molecule has 0 amide bonds. The van der Waals surface area contributed by atoms with Crippen molar-refractivity contribution in [1.29, 1.82) is 0 Å². The van der Waals surface area contributed by atoms with Crippen LogP contribution in [-0.2, 0) is 6.61 Å². The number of benzene rings is 2. The molecule has 0 spiro atoms. The lowest BCUT2D eigenvalue weighted by Gasteiger charge is -2.16. The van der Waals surface area contributed by atoms with Gasteiger partial charge in [0.05, 0.1) is 5.69 Å². The number of ether oxygens (including phenoxy) is 1. The fourth-order valence-electron chi connectivity index (χ4n) is 1.93. The molecule has 5 N–H and O–H groups in total. The summed E-state index contributed by atoms with van der Waals surface area (Å²) in [6, 6.07) is 17.9. The molecule has 1 fully saturated rings. The van der Waals surface area contributed by atoms with Gasteiger partial charge in [0.2, 0.25) is 0 Å². The lowest BCUT2D eigenvalue weighted by atomic mass is 10.2. The first kappa shape index (κ1) is 12.9. The topological polar surface area (TPSA) is 69.4 Å². The summed E-state index contributed by atoms with van der Waals surface area (Å²) in [5.74, 6) is 0.812. The molecule has 1 heterocycles.